The summed E-state index contributed by atoms with van der Waals surface area (Å²) < 4.78 is 31.9. The fourth-order valence-electron chi connectivity index (χ4n) is 2.67. The van der Waals surface area contributed by atoms with Crippen LogP contribution in [-0.4, -0.2) is 62.6 Å². The zero-order valence-electron chi connectivity index (χ0n) is 14.4. The molecule has 9 nitrogen and oxygen atoms in total. The van der Waals surface area contributed by atoms with Crippen LogP contribution in [0.15, 0.2) is 41.3 Å². The van der Waals surface area contributed by atoms with E-state index < -0.39 is 34.1 Å². The van der Waals surface area contributed by atoms with Gasteiger partial charge in [-0.25, -0.2) is 13.2 Å². The van der Waals surface area contributed by atoms with Gasteiger partial charge in [0.1, 0.15) is 11.8 Å². The first-order valence-electron chi connectivity index (χ1n) is 7.83. The van der Waals surface area contributed by atoms with Gasteiger partial charge in [-0.3, -0.25) is 4.79 Å². The predicted octanol–water partition coefficient (Wildman–Crippen LogP) is 0.397. The number of carbonyl (C=O) groups is 2. The first kappa shape index (κ1) is 19.7. The van der Waals surface area contributed by atoms with E-state index in [4.69, 9.17) is 4.74 Å². The quantitative estimate of drug-likeness (QED) is 0.632. The minimum atomic E-state index is -4.11. The highest BCUT2D eigenvalue weighted by Gasteiger charge is 2.41. The number of urea groups is 1. The number of benzene rings is 1. The zero-order chi connectivity index (χ0) is 19.3. The van der Waals surface area contributed by atoms with Crippen LogP contribution in [0.1, 0.15) is 6.42 Å². The van der Waals surface area contributed by atoms with Gasteiger partial charge in [-0.15, -0.1) is 0 Å². The molecule has 2 unspecified atom stereocenters. The lowest BCUT2D eigenvalue weighted by atomic mass is 10.1. The van der Waals surface area contributed by atoms with Gasteiger partial charge in [0.25, 0.3) is 0 Å². The van der Waals surface area contributed by atoms with E-state index in [-0.39, 0.29) is 17.9 Å². The summed E-state index contributed by atoms with van der Waals surface area (Å²) in [5.74, 6) is -0.860. The van der Waals surface area contributed by atoms with Crippen molar-refractivity contribution >= 4 is 22.0 Å². The largest absolute Gasteiger partial charge is 0.497 e. The number of hydrogen-bond donors (Lipinski definition) is 3. The lowest BCUT2D eigenvalue weighted by molar-refractivity contribution is -0.142. The molecule has 1 aromatic rings. The smallest absolute Gasteiger partial charge is 0.324 e. The summed E-state index contributed by atoms with van der Waals surface area (Å²) in [5, 5.41) is 14.5. The van der Waals surface area contributed by atoms with Crippen molar-refractivity contribution < 1.29 is 27.9 Å². The average molecular weight is 383 g/mol. The van der Waals surface area contributed by atoms with E-state index in [2.05, 4.69) is 10.6 Å². The summed E-state index contributed by atoms with van der Waals surface area (Å²) in [6, 6.07) is 2.71. The van der Waals surface area contributed by atoms with Crippen molar-refractivity contribution in [1.29, 1.82) is 0 Å². The van der Waals surface area contributed by atoms with Crippen LogP contribution in [0.3, 0.4) is 0 Å². The van der Waals surface area contributed by atoms with Crippen LogP contribution in [-0.2, 0) is 14.8 Å². The molecule has 0 spiro atoms. The molecule has 0 aliphatic carbocycles. The van der Waals surface area contributed by atoms with Crippen LogP contribution in [0.25, 0.3) is 0 Å². The number of methoxy groups -OCH3 is 1. The third kappa shape index (κ3) is 4.14. The van der Waals surface area contributed by atoms with Crippen molar-refractivity contribution in [1.82, 2.24) is 14.9 Å². The molecule has 0 bridgehead atoms. The number of carboxylic acid groups (broad SMARTS) is 1. The maximum absolute atomic E-state index is 13.0. The molecule has 3 N–H and O–H groups in total. The standard InChI is InChI=1S/C16H21N3O6S/c1-17-16(22)18-13-5-3-4-10-19(14(13)15(20)21)26(23,24)12-8-6-11(25-2)7-9-12/h3-4,6-9,13-14H,5,10H2,1-2H3,(H,20,21)(H2,17,18,22). The van der Waals surface area contributed by atoms with Crippen LogP contribution in [0.5, 0.6) is 5.75 Å². The lowest BCUT2D eigenvalue weighted by Gasteiger charge is -2.31. The number of carboxylic acids is 1. The van der Waals surface area contributed by atoms with Crippen molar-refractivity contribution in [2.75, 3.05) is 20.7 Å². The molecule has 2 rings (SSSR count). The van der Waals surface area contributed by atoms with E-state index in [1.165, 1.54) is 38.4 Å². The van der Waals surface area contributed by atoms with Crippen LogP contribution in [0.4, 0.5) is 4.79 Å². The number of nitrogens with one attached hydrogen (secondary N) is 2. The highest BCUT2D eigenvalue weighted by atomic mass is 32.2. The van der Waals surface area contributed by atoms with Crippen LogP contribution in [0, 0.1) is 0 Å². The summed E-state index contributed by atoms with van der Waals surface area (Å²) in [5.41, 5.74) is 0. The van der Waals surface area contributed by atoms with Gasteiger partial charge in [-0.05, 0) is 30.7 Å². The molecule has 142 valence electrons. The summed E-state index contributed by atoms with van der Waals surface area (Å²) in [6.45, 7) is -0.114. The number of nitrogens with zero attached hydrogens (tertiary/aromatic N) is 1. The molecular formula is C16H21N3O6S. The van der Waals surface area contributed by atoms with E-state index in [1.807, 2.05) is 0 Å². The topological polar surface area (TPSA) is 125 Å². The van der Waals surface area contributed by atoms with Crippen molar-refractivity contribution in [2.24, 2.45) is 0 Å². The maximum atomic E-state index is 13.0. The second-order valence-corrected chi connectivity index (χ2v) is 7.46. The molecule has 0 aromatic heterocycles. The third-order valence-electron chi connectivity index (χ3n) is 4.00. The molecule has 0 saturated carbocycles. The minimum Gasteiger partial charge on any atom is -0.497 e. The number of ether oxygens (including phenoxy) is 1. The summed E-state index contributed by atoms with van der Waals surface area (Å²) in [6.07, 6.45) is 3.42. The molecule has 1 aliphatic heterocycles. The molecule has 10 heteroatoms. The Hall–Kier alpha value is -2.59. The predicted molar refractivity (Wildman–Crippen MR) is 93.4 cm³/mol. The summed E-state index contributed by atoms with van der Waals surface area (Å²) in [4.78, 5) is 23.4. The number of carbonyl (C=O) groups excluding carboxylic acids is 1. The van der Waals surface area contributed by atoms with Gasteiger partial charge in [-0.1, -0.05) is 12.2 Å². The number of sulfonamides is 1. The SMILES string of the molecule is CNC(=O)NC1CC=CCN(S(=O)(=O)c2ccc(OC)cc2)C1C(=O)O. The van der Waals surface area contributed by atoms with Gasteiger partial charge < -0.3 is 20.5 Å². The molecule has 0 saturated heterocycles. The molecule has 0 fully saturated rings. The number of hydrogen-bond acceptors (Lipinski definition) is 5. The molecular weight excluding hydrogens is 362 g/mol. The second-order valence-electron chi connectivity index (χ2n) is 5.57. The maximum Gasteiger partial charge on any atom is 0.324 e. The second kappa shape index (κ2) is 8.19. The molecule has 2 atom stereocenters. The van der Waals surface area contributed by atoms with E-state index >= 15 is 0 Å². The van der Waals surface area contributed by atoms with Gasteiger partial charge in [0.15, 0.2) is 0 Å². The fourth-order valence-corrected chi connectivity index (χ4v) is 4.24. The Morgan fingerprint density at radius 2 is 1.88 bits per heavy atom. The monoisotopic (exact) mass is 383 g/mol. The number of rotatable bonds is 5. The van der Waals surface area contributed by atoms with Gasteiger partial charge in [0.05, 0.1) is 18.0 Å². The Bertz CT molecular complexity index is 791. The Kier molecular flexibility index (Phi) is 6.22. The van der Waals surface area contributed by atoms with E-state index in [0.29, 0.717) is 5.75 Å². The van der Waals surface area contributed by atoms with Crippen molar-refractivity contribution in [3.8, 4) is 5.75 Å². The number of amides is 2. The van der Waals surface area contributed by atoms with Crippen molar-refractivity contribution in [3.05, 3.63) is 36.4 Å². The molecule has 26 heavy (non-hydrogen) atoms. The lowest BCUT2D eigenvalue weighted by Crippen LogP contribution is -2.57. The van der Waals surface area contributed by atoms with Gasteiger partial charge in [-0.2, -0.15) is 4.31 Å². The zero-order valence-corrected chi connectivity index (χ0v) is 15.2. The highest BCUT2D eigenvalue weighted by Crippen LogP contribution is 2.25. The molecule has 1 heterocycles. The Morgan fingerprint density at radius 3 is 2.42 bits per heavy atom. The van der Waals surface area contributed by atoms with Crippen LogP contribution < -0.4 is 15.4 Å². The highest BCUT2D eigenvalue weighted by molar-refractivity contribution is 7.89. The summed E-state index contributed by atoms with van der Waals surface area (Å²) in [7, 11) is -1.26. The average Bonchev–Trinajstić information content (AvgIpc) is 2.84. The number of aliphatic carboxylic acids is 1. The van der Waals surface area contributed by atoms with Crippen molar-refractivity contribution in [2.45, 2.75) is 23.4 Å². The van der Waals surface area contributed by atoms with E-state index in [9.17, 15) is 23.1 Å². The Labute approximate surface area is 151 Å². The Balaban J connectivity index is 2.43. The van der Waals surface area contributed by atoms with E-state index in [1.54, 1.807) is 12.2 Å². The first-order valence-corrected chi connectivity index (χ1v) is 9.27. The molecule has 0 radical (unpaired) electrons. The molecule has 2 amide bonds. The molecule has 1 aromatic carbocycles. The normalized spacial score (nSPS) is 20.8. The Morgan fingerprint density at radius 1 is 1.23 bits per heavy atom. The van der Waals surface area contributed by atoms with Crippen LogP contribution >= 0.6 is 0 Å². The van der Waals surface area contributed by atoms with E-state index in [0.717, 1.165) is 4.31 Å². The van der Waals surface area contributed by atoms with Crippen LogP contribution in [0.2, 0.25) is 0 Å². The van der Waals surface area contributed by atoms with Crippen molar-refractivity contribution in [3.63, 3.8) is 0 Å². The first-order chi connectivity index (χ1) is 12.3. The summed E-state index contributed by atoms with van der Waals surface area (Å²) >= 11 is 0. The van der Waals surface area contributed by atoms with Gasteiger partial charge in [0, 0.05) is 13.6 Å². The molecule has 1 aliphatic rings. The van der Waals surface area contributed by atoms with Gasteiger partial charge >= 0.3 is 12.0 Å². The minimum absolute atomic E-state index is 0.0569. The van der Waals surface area contributed by atoms with Gasteiger partial charge in [0.2, 0.25) is 10.0 Å². The fraction of sp³-hybridized carbons (Fsp3) is 0.375. The third-order valence-corrected chi connectivity index (χ3v) is 5.86.